The Bertz CT molecular complexity index is 1410. The molecule has 3 heterocycles. The van der Waals surface area contributed by atoms with Crippen molar-refractivity contribution in [1.29, 1.82) is 0 Å². The second-order valence-corrected chi connectivity index (χ2v) is 14.8. The average Bonchev–Trinajstić information content (AvgIpc) is 3.36. The highest BCUT2D eigenvalue weighted by atomic mass is 33.1. The minimum absolute atomic E-state index is 0.0563. The smallest absolute Gasteiger partial charge is 0.390 e. The number of phosphoric acid groups is 3. The Morgan fingerprint density at radius 2 is 1.92 bits per heavy atom. The van der Waals surface area contributed by atoms with E-state index >= 15 is 0 Å². The summed E-state index contributed by atoms with van der Waals surface area (Å²) in [5.74, 6) is -0.252. The number of fused-ring (bicyclic) bond motifs is 1. The van der Waals surface area contributed by atoms with Gasteiger partial charge in [0.05, 0.1) is 19.0 Å². The summed E-state index contributed by atoms with van der Waals surface area (Å²) in [6.45, 7) is -0.889. The van der Waals surface area contributed by atoms with Crippen molar-refractivity contribution in [1.82, 2.24) is 19.1 Å². The van der Waals surface area contributed by atoms with Gasteiger partial charge in [-0.05, 0) is 12.7 Å². The Morgan fingerprint density at radius 3 is 2.56 bits per heavy atom. The summed E-state index contributed by atoms with van der Waals surface area (Å²) < 4.78 is 53.3. The van der Waals surface area contributed by atoms with Crippen molar-refractivity contribution in [2.75, 3.05) is 24.3 Å². The molecular weight excluding hydrogens is 631 g/mol. The predicted molar refractivity (Wildman–Crippen MR) is 136 cm³/mol. The van der Waals surface area contributed by atoms with E-state index in [1.54, 1.807) is 21.6 Å². The standard InChI is InChI=1S/C15H24N5O14P3S2/c1-38-39-4-2-3-10(22)20-14(23)12-13(18-15(20)16)19(7-17-12)11-5-8(21)9(32-11)6-31-36(27,28)34-37(29,30)33-35(24,25)26/h7-9,11,21H,2-6H2,1H3,(H2,16,18)(H,27,28)(H,29,30)(H2,24,25,26)/t8-,9-,11-/m1/s1. The lowest BCUT2D eigenvalue weighted by atomic mass is 10.2. The molecule has 220 valence electrons. The van der Waals surface area contributed by atoms with Gasteiger partial charge in [0.2, 0.25) is 11.9 Å². The molecule has 5 atom stereocenters. The second-order valence-electron chi connectivity index (χ2n) is 7.74. The van der Waals surface area contributed by atoms with E-state index in [1.807, 2.05) is 6.26 Å². The van der Waals surface area contributed by atoms with Gasteiger partial charge in [0.25, 0.3) is 5.56 Å². The van der Waals surface area contributed by atoms with Crippen LogP contribution < -0.4 is 11.3 Å². The molecule has 24 heteroatoms. The van der Waals surface area contributed by atoms with Gasteiger partial charge in [-0.15, -0.1) is 0 Å². The van der Waals surface area contributed by atoms with E-state index in [2.05, 4.69) is 23.1 Å². The van der Waals surface area contributed by atoms with Crippen LogP contribution in [0.5, 0.6) is 0 Å². The number of anilines is 1. The number of aromatic nitrogens is 4. The molecule has 0 saturated carbocycles. The Labute approximate surface area is 226 Å². The van der Waals surface area contributed by atoms with Gasteiger partial charge in [-0.1, -0.05) is 21.6 Å². The van der Waals surface area contributed by atoms with E-state index in [4.69, 9.17) is 20.3 Å². The van der Waals surface area contributed by atoms with Crippen LogP contribution in [-0.2, 0) is 31.6 Å². The number of rotatable bonds is 13. The highest BCUT2D eigenvalue weighted by Crippen LogP contribution is 2.66. The van der Waals surface area contributed by atoms with Gasteiger partial charge in [0, 0.05) is 18.6 Å². The van der Waals surface area contributed by atoms with Crippen molar-refractivity contribution in [3.8, 4) is 0 Å². The van der Waals surface area contributed by atoms with Gasteiger partial charge in [0.1, 0.15) is 12.3 Å². The van der Waals surface area contributed by atoms with E-state index in [0.717, 1.165) is 10.9 Å². The maximum Gasteiger partial charge on any atom is 0.490 e. The van der Waals surface area contributed by atoms with E-state index in [-0.39, 0.29) is 30.0 Å². The molecule has 2 aromatic heterocycles. The highest BCUT2D eigenvalue weighted by Gasteiger charge is 2.43. The highest BCUT2D eigenvalue weighted by molar-refractivity contribution is 8.76. The van der Waals surface area contributed by atoms with Crippen molar-refractivity contribution in [2.24, 2.45) is 0 Å². The molecule has 0 bridgehead atoms. The summed E-state index contributed by atoms with van der Waals surface area (Å²) in [5, 5.41) is 10.3. The molecule has 0 aliphatic carbocycles. The van der Waals surface area contributed by atoms with Gasteiger partial charge in [0.15, 0.2) is 11.2 Å². The van der Waals surface area contributed by atoms with Crippen LogP contribution in [0.3, 0.4) is 0 Å². The topological polar surface area (TPSA) is 285 Å². The summed E-state index contributed by atoms with van der Waals surface area (Å²) >= 11 is 0. The van der Waals surface area contributed by atoms with Crippen molar-refractivity contribution >= 4 is 68.1 Å². The maximum absolute atomic E-state index is 12.9. The maximum atomic E-state index is 12.9. The van der Waals surface area contributed by atoms with Crippen LogP contribution in [0, 0.1) is 0 Å². The molecule has 39 heavy (non-hydrogen) atoms. The Balaban J connectivity index is 1.71. The van der Waals surface area contributed by atoms with E-state index in [9.17, 15) is 38.2 Å². The van der Waals surface area contributed by atoms with Crippen LogP contribution in [0.15, 0.2) is 11.1 Å². The van der Waals surface area contributed by atoms with Crippen LogP contribution in [-0.4, -0.2) is 80.5 Å². The van der Waals surface area contributed by atoms with E-state index in [1.165, 1.54) is 4.57 Å². The number of hydrogen-bond acceptors (Lipinski definition) is 15. The molecule has 7 N–H and O–H groups in total. The first-order valence-corrected chi connectivity index (χ1v) is 17.8. The van der Waals surface area contributed by atoms with Gasteiger partial charge in [-0.25, -0.2) is 23.2 Å². The largest absolute Gasteiger partial charge is 0.490 e. The van der Waals surface area contributed by atoms with E-state index < -0.39 is 60.0 Å². The van der Waals surface area contributed by atoms with Crippen LogP contribution in [0.4, 0.5) is 5.95 Å². The fraction of sp³-hybridized carbons (Fsp3) is 0.600. The lowest BCUT2D eigenvalue weighted by molar-refractivity contribution is -0.0423. The van der Waals surface area contributed by atoms with Crippen LogP contribution >= 0.6 is 45.1 Å². The lowest BCUT2D eigenvalue weighted by Gasteiger charge is -2.19. The first-order valence-electron chi connectivity index (χ1n) is 10.6. The fourth-order valence-electron chi connectivity index (χ4n) is 3.42. The number of nitrogen functional groups attached to an aromatic ring is 1. The molecule has 1 aliphatic heterocycles. The number of nitrogens with zero attached hydrogens (tertiary/aromatic N) is 4. The van der Waals surface area contributed by atoms with Crippen LogP contribution in [0.25, 0.3) is 11.2 Å². The monoisotopic (exact) mass is 655 g/mol. The summed E-state index contributed by atoms with van der Waals surface area (Å²) in [6, 6.07) is 0. The zero-order valence-electron chi connectivity index (χ0n) is 19.8. The third kappa shape index (κ3) is 8.67. The van der Waals surface area contributed by atoms with E-state index in [0.29, 0.717) is 12.2 Å². The number of aliphatic hydroxyl groups is 1. The molecule has 0 radical (unpaired) electrons. The van der Waals surface area contributed by atoms with Crippen LogP contribution in [0.2, 0.25) is 0 Å². The van der Waals surface area contributed by atoms with Gasteiger partial charge in [-0.2, -0.15) is 13.6 Å². The summed E-state index contributed by atoms with van der Waals surface area (Å²) in [4.78, 5) is 69.4. The molecule has 3 rings (SSSR count). The fourth-order valence-corrected chi connectivity index (χ4v) is 7.73. The first-order chi connectivity index (χ1) is 18.0. The number of nitrogens with two attached hydrogens (primary N) is 1. The van der Waals surface area contributed by atoms with Gasteiger partial charge >= 0.3 is 23.5 Å². The van der Waals surface area contributed by atoms with Crippen LogP contribution in [0.1, 0.15) is 30.3 Å². The number of ether oxygens (including phenoxy) is 1. The summed E-state index contributed by atoms with van der Waals surface area (Å²) in [7, 11) is -13.6. The number of carbonyl (C=O) groups is 1. The van der Waals surface area contributed by atoms with Crippen molar-refractivity contribution in [3.63, 3.8) is 0 Å². The van der Waals surface area contributed by atoms with Gasteiger partial charge < -0.3 is 35.2 Å². The normalized spacial score (nSPS) is 23.1. The third-order valence-electron chi connectivity index (χ3n) is 4.94. The zero-order valence-corrected chi connectivity index (χ0v) is 24.1. The number of carbonyl (C=O) groups excluding carboxylic acids is 1. The molecular formula is C15H24N5O14P3S2. The SMILES string of the molecule is CSSCCCC(=O)n1c(N)nc2c(ncn2[C@H]2C[C@@H](O)[C@@H](COP(=O)(O)OP(=O)(O)OP(=O)(O)O)O2)c1=O. The second kappa shape index (κ2) is 12.8. The van der Waals surface area contributed by atoms with Crippen molar-refractivity contribution in [3.05, 3.63) is 16.7 Å². The molecule has 0 aromatic carbocycles. The minimum Gasteiger partial charge on any atom is -0.390 e. The quantitative estimate of drug-likeness (QED) is 0.0978. The molecule has 1 saturated heterocycles. The Morgan fingerprint density at radius 1 is 1.23 bits per heavy atom. The number of imidazole rings is 1. The zero-order chi connectivity index (χ0) is 29.2. The average molecular weight is 655 g/mol. The Kier molecular flexibility index (Phi) is 10.6. The van der Waals surface area contributed by atoms with Crippen molar-refractivity contribution in [2.45, 2.75) is 37.7 Å². The number of hydrogen-bond donors (Lipinski definition) is 6. The molecule has 1 aliphatic rings. The number of phosphoric ester groups is 1. The molecule has 0 amide bonds. The summed E-state index contributed by atoms with van der Waals surface area (Å²) in [6.07, 6.45) is -0.236. The third-order valence-corrected chi connectivity index (χ3v) is 10.6. The van der Waals surface area contributed by atoms with Crippen molar-refractivity contribution < 1.29 is 61.1 Å². The first kappa shape index (κ1) is 32.4. The van der Waals surface area contributed by atoms with Gasteiger partial charge in [-0.3, -0.25) is 18.7 Å². The Hall–Kier alpha value is -1.15. The molecule has 2 aromatic rings. The molecule has 2 unspecified atom stereocenters. The molecule has 19 nitrogen and oxygen atoms in total. The molecule has 1 fully saturated rings. The lowest BCUT2D eigenvalue weighted by Crippen LogP contribution is -2.30. The number of aliphatic hydroxyl groups excluding tert-OH is 1. The molecule has 0 spiro atoms. The predicted octanol–water partition coefficient (Wildman–Crippen LogP) is 0.598. The summed E-state index contributed by atoms with van der Waals surface area (Å²) in [5.41, 5.74) is 4.81. The minimum atomic E-state index is -5.72.